The number of methoxy groups -OCH3 is 1. The van der Waals surface area contributed by atoms with Gasteiger partial charge in [0.25, 0.3) is 11.7 Å². The molecule has 1 aliphatic heterocycles. The van der Waals surface area contributed by atoms with Crippen LogP contribution in [0, 0.1) is 0 Å². The number of hydrogen-bond acceptors (Lipinski definition) is 7. The molecule has 184 valence electrons. The first-order valence-corrected chi connectivity index (χ1v) is 11.6. The van der Waals surface area contributed by atoms with Crippen LogP contribution >= 0.6 is 11.6 Å². The van der Waals surface area contributed by atoms with E-state index in [0.29, 0.717) is 35.0 Å². The van der Waals surface area contributed by atoms with Gasteiger partial charge in [0.2, 0.25) is 0 Å². The lowest BCUT2D eigenvalue weighted by Crippen LogP contribution is -2.29. The van der Waals surface area contributed by atoms with Crippen LogP contribution in [-0.2, 0) is 14.3 Å². The standard InChI is InChI=1S/C27H23ClN2O6/c1-3-14-36-27(34)16-7-10-18(11-8-16)30-23(20-6-4-5-13-29-20)22(25(32)26(30)33)24(31)19-15-17(28)9-12-21(19)35-2/h4-13,15,23,31H,3,14H2,1-2H3/b24-22+. The molecule has 0 spiro atoms. The molecule has 36 heavy (non-hydrogen) atoms. The summed E-state index contributed by atoms with van der Waals surface area (Å²) in [4.78, 5) is 44.3. The molecular weight excluding hydrogens is 484 g/mol. The van der Waals surface area contributed by atoms with E-state index in [4.69, 9.17) is 21.1 Å². The number of benzene rings is 2. The van der Waals surface area contributed by atoms with Crippen molar-refractivity contribution in [3.8, 4) is 5.75 Å². The van der Waals surface area contributed by atoms with Crippen LogP contribution in [0.5, 0.6) is 5.75 Å². The van der Waals surface area contributed by atoms with Crippen molar-refractivity contribution in [1.29, 1.82) is 0 Å². The average Bonchev–Trinajstić information content (AvgIpc) is 3.17. The van der Waals surface area contributed by atoms with E-state index < -0.39 is 29.5 Å². The molecule has 1 N–H and O–H groups in total. The molecule has 0 radical (unpaired) electrons. The smallest absolute Gasteiger partial charge is 0.338 e. The predicted molar refractivity (Wildman–Crippen MR) is 134 cm³/mol. The first kappa shape index (κ1) is 24.9. The fourth-order valence-electron chi connectivity index (χ4n) is 3.96. The topological polar surface area (TPSA) is 106 Å². The Morgan fingerprint density at radius 3 is 2.50 bits per heavy atom. The number of hydrogen-bond donors (Lipinski definition) is 1. The molecule has 2 heterocycles. The van der Waals surface area contributed by atoms with E-state index in [-0.39, 0.29) is 16.9 Å². The average molecular weight is 507 g/mol. The Bertz CT molecular complexity index is 1340. The first-order valence-electron chi connectivity index (χ1n) is 11.2. The molecule has 9 heteroatoms. The summed E-state index contributed by atoms with van der Waals surface area (Å²) < 4.78 is 10.5. The van der Waals surface area contributed by atoms with Crippen molar-refractivity contribution in [2.45, 2.75) is 19.4 Å². The third kappa shape index (κ3) is 4.67. The number of carbonyl (C=O) groups excluding carboxylic acids is 3. The Morgan fingerprint density at radius 1 is 1.11 bits per heavy atom. The minimum atomic E-state index is -1.03. The van der Waals surface area contributed by atoms with E-state index in [1.165, 1.54) is 36.4 Å². The fourth-order valence-corrected chi connectivity index (χ4v) is 4.14. The number of halogens is 1. The Hall–Kier alpha value is -4.17. The van der Waals surface area contributed by atoms with E-state index in [1.807, 2.05) is 6.92 Å². The highest BCUT2D eigenvalue weighted by Crippen LogP contribution is 2.43. The molecule has 1 aliphatic rings. The SMILES string of the molecule is CCCOC(=O)c1ccc(N2C(=O)C(=O)/C(=C(/O)c3cc(Cl)ccc3OC)C2c2ccccn2)cc1. The van der Waals surface area contributed by atoms with Crippen molar-refractivity contribution in [2.75, 3.05) is 18.6 Å². The number of amides is 1. The van der Waals surface area contributed by atoms with Gasteiger partial charge < -0.3 is 14.6 Å². The van der Waals surface area contributed by atoms with E-state index in [2.05, 4.69) is 4.98 Å². The lowest BCUT2D eigenvalue weighted by molar-refractivity contribution is -0.132. The van der Waals surface area contributed by atoms with Crippen LogP contribution in [0.2, 0.25) is 5.02 Å². The zero-order chi connectivity index (χ0) is 25.8. The number of aliphatic hydroxyl groups excluding tert-OH is 1. The van der Waals surface area contributed by atoms with Crippen LogP contribution in [-0.4, -0.2) is 41.5 Å². The van der Waals surface area contributed by atoms with Crippen molar-refractivity contribution in [3.63, 3.8) is 0 Å². The number of nitrogens with zero attached hydrogens (tertiary/aromatic N) is 2. The van der Waals surface area contributed by atoms with E-state index in [0.717, 1.165) is 0 Å². The molecule has 8 nitrogen and oxygen atoms in total. The molecule has 4 rings (SSSR count). The second kappa shape index (κ2) is 10.6. The molecule has 1 aromatic heterocycles. The summed E-state index contributed by atoms with van der Waals surface area (Å²) >= 11 is 6.14. The summed E-state index contributed by atoms with van der Waals surface area (Å²) in [5, 5.41) is 11.6. The Labute approximate surface area is 212 Å². The lowest BCUT2D eigenvalue weighted by Gasteiger charge is -2.25. The van der Waals surface area contributed by atoms with Gasteiger partial charge >= 0.3 is 5.97 Å². The van der Waals surface area contributed by atoms with Gasteiger partial charge in [0.05, 0.1) is 36.1 Å². The molecule has 0 bridgehead atoms. The number of carbonyl (C=O) groups is 3. The van der Waals surface area contributed by atoms with Gasteiger partial charge in [0, 0.05) is 16.9 Å². The zero-order valence-electron chi connectivity index (χ0n) is 19.6. The molecule has 1 amide bonds. The van der Waals surface area contributed by atoms with Crippen molar-refractivity contribution in [3.05, 3.63) is 94.3 Å². The summed E-state index contributed by atoms with van der Waals surface area (Å²) in [7, 11) is 1.42. The summed E-state index contributed by atoms with van der Waals surface area (Å²) in [6.07, 6.45) is 2.22. The second-order valence-corrected chi connectivity index (χ2v) is 8.39. The summed E-state index contributed by atoms with van der Waals surface area (Å²) in [6.45, 7) is 2.19. The highest BCUT2D eigenvalue weighted by Gasteiger charge is 2.47. The van der Waals surface area contributed by atoms with E-state index in [9.17, 15) is 19.5 Å². The number of pyridine rings is 1. The molecule has 3 aromatic rings. The Kier molecular flexibility index (Phi) is 7.36. The van der Waals surface area contributed by atoms with Crippen LogP contribution in [0.1, 0.15) is 41.0 Å². The van der Waals surface area contributed by atoms with Gasteiger partial charge in [-0.2, -0.15) is 0 Å². The maximum absolute atomic E-state index is 13.3. The van der Waals surface area contributed by atoms with Gasteiger partial charge in [0.1, 0.15) is 17.6 Å². The number of Topliss-reactive ketones (excluding diaryl/α,β-unsaturated/α-hetero) is 1. The Morgan fingerprint density at radius 2 is 1.86 bits per heavy atom. The normalized spacial score (nSPS) is 16.8. The largest absolute Gasteiger partial charge is 0.507 e. The minimum absolute atomic E-state index is 0.161. The van der Waals surface area contributed by atoms with E-state index >= 15 is 0 Å². The lowest BCUT2D eigenvalue weighted by atomic mass is 9.97. The van der Waals surface area contributed by atoms with Crippen LogP contribution in [0.3, 0.4) is 0 Å². The van der Waals surface area contributed by atoms with Crippen molar-refractivity contribution in [2.24, 2.45) is 0 Å². The number of ketones is 1. The van der Waals surface area contributed by atoms with Gasteiger partial charge in [0.15, 0.2) is 0 Å². The molecule has 0 saturated carbocycles. The minimum Gasteiger partial charge on any atom is -0.507 e. The number of aromatic nitrogens is 1. The molecule has 1 unspecified atom stereocenters. The maximum atomic E-state index is 13.3. The quantitative estimate of drug-likeness (QED) is 0.209. The predicted octanol–water partition coefficient (Wildman–Crippen LogP) is 4.94. The third-order valence-electron chi connectivity index (χ3n) is 5.65. The summed E-state index contributed by atoms with van der Waals surface area (Å²) in [6, 6.07) is 14.8. The summed E-state index contributed by atoms with van der Waals surface area (Å²) in [5.41, 5.74) is 1.02. The van der Waals surface area contributed by atoms with Crippen LogP contribution < -0.4 is 9.64 Å². The third-order valence-corrected chi connectivity index (χ3v) is 5.88. The molecule has 2 aromatic carbocycles. The van der Waals surface area contributed by atoms with Gasteiger partial charge in [-0.1, -0.05) is 24.6 Å². The Balaban J connectivity index is 1.85. The summed E-state index contributed by atoms with van der Waals surface area (Å²) in [5.74, 6) is -2.39. The zero-order valence-corrected chi connectivity index (χ0v) is 20.4. The van der Waals surface area contributed by atoms with Gasteiger partial charge in [-0.05, 0) is 61.0 Å². The van der Waals surface area contributed by atoms with E-state index in [1.54, 1.807) is 42.5 Å². The van der Waals surface area contributed by atoms with Gasteiger partial charge in [-0.15, -0.1) is 0 Å². The number of anilines is 1. The number of aliphatic hydroxyl groups is 1. The van der Waals surface area contributed by atoms with Crippen molar-refractivity contribution >= 4 is 40.7 Å². The van der Waals surface area contributed by atoms with Gasteiger partial charge in [-0.3, -0.25) is 19.5 Å². The molecular formula is C27H23ClN2O6. The fraction of sp³-hybridized carbons (Fsp3) is 0.185. The molecule has 1 saturated heterocycles. The van der Waals surface area contributed by atoms with Crippen molar-refractivity contribution < 1.29 is 29.0 Å². The maximum Gasteiger partial charge on any atom is 0.338 e. The number of ether oxygens (including phenoxy) is 2. The number of rotatable bonds is 7. The van der Waals surface area contributed by atoms with Crippen LogP contribution in [0.4, 0.5) is 5.69 Å². The highest BCUT2D eigenvalue weighted by atomic mass is 35.5. The number of esters is 1. The van der Waals surface area contributed by atoms with Gasteiger partial charge in [-0.25, -0.2) is 4.79 Å². The van der Waals surface area contributed by atoms with Crippen LogP contribution in [0.15, 0.2) is 72.4 Å². The molecule has 1 fully saturated rings. The first-order chi connectivity index (χ1) is 17.4. The second-order valence-electron chi connectivity index (χ2n) is 7.95. The van der Waals surface area contributed by atoms with Crippen molar-refractivity contribution in [1.82, 2.24) is 4.98 Å². The molecule has 1 atom stereocenters. The highest BCUT2D eigenvalue weighted by molar-refractivity contribution is 6.51. The van der Waals surface area contributed by atoms with Crippen LogP contribution in [0.25, 0.3) is 5.76 Å². The monoisotopic (exact) mass is 506 g/mol. The molecule has 0 aliphatic carbocycles.